The van der Waals surface area contributed by atoms with E-state index in [9.17, 15) is 8.42 Å². The van der Waals surface area contributed by atoms with E-state index in [-0.39, 0.29) is 12.5 Å². The van der Waals surface area contributed by atoms with E-state index in [2.05, 4.69) is 4.72 Å². The molecular weight excluding hydrogens is 218 g/mol. The first-order valence-corrected chi connectivity index (χ1v) is 6.22. The van der Waals surface area contributed by atoms with Crippen molar-refractivity contribution in [1.82, 2.24) is 9.03 Å². The fraction of sp³-hybridized carbons (Fsp3) is 0.875. The molecule has 0 spiro atoms. The van der Waals surface area contributed by atoms with Crippen molar-refractivity contribution in [3.63, 3.8) is 0 Å². The van der Waals surface area contributed by atoms with Gasteiger partial charge in [0.1, 0.15) is 0 Å². The van der Waals surface area contributed by atoms with Gasteiger partial charge in [-0.15, -0.1) is 0 Å². The van der Waals surface area contributed by atoms with Gasteiger partial charge in [0.25, 0.3) is 10.2 Å². The van der Waals surface area contributed by atoms with Crippen LogP contribution in [0.1, 0.15) is 13.3 Å². The molecule has 0 saturated carbocycles. The highest BCUT2D eigenvalue weighted by Crippen LogP contribution is 2.04. The Balaban J connectivity index is 2.54. The lowest BCUT2D eigenvalue weighted by molar-refractivity contribution is 0.0723. The second-order valence-electron chi connectivity index (χ2n) is 3.40. The molecule has 7 heteroatoms. The monoisotopic (exact) mass is 233 g/mol. The highest BCUT2D eigenvalue weighted by Gasteiger charge is 2.25. The topological polar surface area (TPSA) is 82.4 Å². The number of rotatable bonds is 4. The van der Waals surface area contributed by atoms with Gasteiger partial charge < -0.3 is 4.74 Å². The molecule has 0 aromatic carbocycles. The molecule has 1 aliphatic heterocycles. The van der Waals surface area contributed by atoms with Crippen LogP contribution in [-0.2, 0) is 14.9 Å². The van der Waals surface area contributed by atoms with E-state index in [1.54, 1.807) is 6.92 Å². The van der Waals surface area contributed by atoms with Crippen LogP contribution in [0.2, 0.25) is 0 Å². The normalized spacial score (nSPS) is 20.8. The number of nitriles is 1. The number of hydrogen-bond donors (Lipinski definition) is 1. The molecule has 1 unspecified atom stereocenters. The Morgan fingerprint density at radius 2 is 2.13 bits per heavy atom. The largest absolute Gasteiger partial charge is 0.379 e. The van der Waals surface area contributed by atoms with Gasteiger partial charge in [-0.1, -0.05) is 0 Å². The third-order valence-corrected chi connectivity index (χ3v) is 3.80. The van der Waals surface area contributed by atoms with Crippen molar-refractivity contribution in [2.45, 2.75) is 19.4 Å². The van der Waals surface area contributed by atoms with Gasteiger partial charge in [-0.25, -0.2) is 0 Å². The predicted molar refractivity (Wildman–Crippen MR) is 54.1 cm³/mol. The van der Waals surface area contributed by atoms with Gasteiger partial charge in [0, 0.05) is 19.1 Å². The Hall–Kier alpha value is -0.680. The van der Waals surface area contributed by atoms with Crippen LogP contribution in [-0.4, -0.2) is 45.1 Å². The molecule has 1 N–H and O–H groups in total. The van der Waals surface area contributed by atoms with Crippen molar-refractivity contribution in [2.24, 2.45) is 0 Å². The highest BCUT2D eigenvalue weighted by atomic mass is 32.2. The molecule has 86 valence electrons. The summed E-state index contributed by atoms with van der Waals surface area (Å²) in [7, 11) is -3.45. The van der Waals surface area contributed by atoms with E-state index in [1.165, 1.54) is 4.31 Å². The zero-order valence-electron chi connectivity index (χ0n) is 8.64. The summed E-state index contributed by atoms with van der Waals surface area (Å²) in [6.45, 7) is 3.26. The van der Waals surface area contributed by atoms with Crippen LogP contribution >= 0.6 is 0 Å². The molecule has 0 radical (unpaired) electrons. The minimum atomic E-state index is -3.45. The van der Waals surface area contributed by atoms with E-state index in [0.29, 0.717) is 26.3 Å². The van der Waals surface area contributed by atoms with Gasteiger partial charge in [-0.2, -0.15) is 22.7 Å². The zero-order chi connectivity index (χ0) is 11.3. The minimum Gasteiger partial charge on any atom is -0.379 e. The quantitative estimate of drug-likeness (QED) is 0.706. The number of ether oxygens (including phenoxy) is 1. The molecule has 15 heavy (non-hydrogen) atoms. The molecule has 6 nitrogen and oxygen atoms in total. The van der Waals surface area contributed by atoms with Crippen LogP contribution in [0.3, 0.4) is 0 Å². The molecule has 1 rings (SSSR count). The molecule has 1 aliphatic rings. The number of morpholine rings is 1. The summed E-state index contributed by atoms with van der Waals surface area (Å²) >= 11 is 0. The second-order valence-corrected chi connectivity index (χ2v) is 5.10. The number of nitrogens with zero attached hydrogens (tertiary/aromatic N) is 2. The van der Waals surface area contributed by atoms with Crippen LogP contribution in [0, 0.1) is 11.3 Å². The fourth-order valence-electron chi connectivity index (χ4n) is 1.29. The minimum absolute atomic E-state index is 0.170. The molecule has 1 saturated heterocycles. The van der Waals surface area contributed by atoms with Gasteiger partial charge in [-0.3, -0.25) is 0 Å². The second kappa shape index (κ2) is 5.42. The average molecular weight is 233 g/mol. The van der Waals surface area contributed by atoms with Gasteiger partial charge in [-0.05, 0) is 6.92 Å². The Morgan fingerprint density at radius 1 is 1.53 bits per heavy atom. The first-order valence-electron chi connectivity index (χ1n) is 4.78. The van der Waals surface area contributed by atoms with Gasteiger partial charge in [0.05, 0.1) is 25.7 Å². The molecule has 0 amide bonds. The maximum absolute atomic E-state index is 11.7. The van der Waals surface area contributed by atoms with Crippen molar-refractivity contribution in [1.29, 1.82) is 5.26 Å². The molecule has 0 bridgehead atoms. The summed E-state index contributed by atoms with van der Waals surface area (Å²) in [4.78, 5) is 0. The van der Waals surface area contributed by atoms with E-state index < -0.39 is 10.2 Å². The Morgan fingerprint density at radius 3 is 2.67 bits per heavy atom. The SMILES string of the molecule is CC(CC#N)NS(=O)(=O)N1CCOCC1. The lowest BCUT2D eigenvalue weighted by Crippen LogP contribution is -2.48. The van der Waals surface area contributed by atoms with Gasteiger partial charge >= 0.3 is 0 Å². The summed E-state index contributed by atoms with van der Waals surface area (Å²) in [6.07, 6.45) is 0.170. The Bertz CT molecular complexity index is 330. The van der Waals surface area contributed by atoms with Crippen LogP contribution in [0.25, 0.3) is 0 Å². The van der Waals surface area contributed by atoms with Crippen LogP contribution in [0.15, 0.2) is 0 Å². The van der Waals surface area contributed by atoms with Crippen molar-refractivity contribution in [2.75, 3.05) is 26.3 Å². The number of hydrogen-bond acceptors (Lipinski definition) is 4. The molecule has 1 heterocycles. The Kier molecular flexibility index (Phi) is 4.47. The maximum atomic E-state index is 11.7. The van der Waals surface area contributed by atoms with E-state index in [0.717, 1.165) is 0 Å². The third-order valence-electron chi connectivity index (χ3n) is 2.06. The lowest BCUT2D eigenvalue weighted by Gasteiger charge is -2.27. The van der Waals surface area contributed by atoms with E-state index >= 15 is 0 Å². The summed E-state index contributed by atoms with van der Waals surface area (Å²) in [5.41, 5.74) is 0. The van der Waals surface area contributed by atoms with E-state index in [1.807, 2.05) is 6.07 Å². The standard InChI is InChI=1S/C8H15N3O3S/c1-8(2-3-9)10-15(12,13)11-4-6-14-7-5-11/h8,10H,2,4-7H2,1H3. The van der Waals surface area contributed by atoms with Gasteiger partial charge in [0.15, 0.2) is 0 Å². The van der Waals surface area contributed by atoms with Crippen LogP contribution in [0.5, 0.6) is 0 Å². The van der Waals surface area contributed by atoms with Crippen molar-refractivity contribution in [3.05, 3.63) is 0 Å². The summed E-state index contributed by atoms with van der Waals surface area (Å²) in [5, 5.41) is 8.43. The third kappa shape index (κ3) is 3.76. The predicted octanol–water partition coefficient (Wildman–Crippen LogP) is -0.545. The van der Waals surface area contributed by atoms with Crippen molar-refractivity contribution < 1.29 is 13.2 Å². The average Bonchev–Trinajstić information content (AvgIpc) is 2.18. The van der Waals surface area contributed by atoms with Crippen molar-refractivity contribution in [3.8, 4) is 6.07 Å². The summed E-state index contributed by atoms with van der Waals surface area (Å²) in [5.74, 6) is 0. The van der Waals surface area contributed by atoms with Gasteiger partial charge in [0.2, 0.25) is 0 Å². The summed E-state index contributed by atoms with van der Waals surface area (Å²) in [6, 6.07) is 1.56. The Labute approximate surface area is 90.0 Å². The van der Waals surface area contributed by atoms with Crippen LogP contribution in [0.4, 0.5) is 0 Å². The molecule has 0 aromatic heterocycles. The zero-order valence-corrected chi connectivity index (χ0v) is 9.46. The fourth-order valence-corrected chi connectivity index (χ4v) is 2.67. The lowest BCUT2D eigenvalue weighted by atomic mass is 10.3. The van der Waals surface area contributed by atoms with E-state index in [4.69, 9.17) is 10.00 Å². The first-order chi connectivity index (χ1) is 7.06. The molecule has 0 aromatic rings. The highest BCUT2D eigenvalue weighted by molar-refractivity contribution is 7.87. The number of nitrogens with one attached hydrogen (secondary N) is 1. The van der Waals surface area contributed by atoms with Crippen LogP contribution < -0.4 is 4.72 Å². The first kappa shape index (κ1) is 12.4. The summed E-state index contributed by atoms with van der Waals surface area (Å²) < 4.78 is 32.3. The molecule has 1 atom stereocenters. The molecular formula is C8H15N3O3S. The molecule has 0 aliphatic carbocycles. The smallest absolute Gasteiger partial charge is 0.279 e. The maximum Gasteiger partial charge on any atom is 0.279 e. The molecule has 1 fully saturated rings. The van der Waals surface area contributed by atoms with Crippen molar-refractivity contribution >= 4 is 10.2 Å².